The van der Waals surface area contributed by atoms with Crippen molar-refractivity contribution in [2.24, 2.45) is 0 Å². The zero-order valence-electron chi connectivity index (χ0n) is 16.3. The lowest BCUT2D eigenvalue weighted by Crippen LogP contribution is -2.12. The lowest BCUT2D eigenvalue weighted by atomic mass is 10.2. The molecule has 0 bridgehead atoms. The number of carbonyl (C=O) groups is 1. The van der Waals surface area contributed by atoms with Crippen molar-refractivity contribution >= 4 is 50.5 Å². The van der Waals surface area contributed by atoms with E-state index in [1.807, 2.05) is 68.4 Å². The van der Waals surface area contributed by atoms with Crippen molar-refractivity contribution in [2.75, 3.05) is 29.6 Å². The fourth-order valence-corrected chi connectivity index (χ4v) is 3.55. The van der Waals surface area contributed by atoms with E-state index in [0.29, 0.717) is 11.4 Å². The number of hydrogen-bond acceptors (Lipinski definition) is 7. The van der Waals surface area contributed by atoms with E-state index in [1.54, 1.807) is 11.6 Å². The lowest BCUT2D eigenvalue weighted by Gasteiger charge is -2.14. The summed E-state index contributed by atoms with van der Waals surface area (Å²) in [6, 6.07) is 14.9. The summed E-state index contributed by atoms with van der Waals surface area (Å²) in [5, 5.41) is 6.20. The number of rotatable bonds is 5. The fourth-order valence-electron chi connectivity index (χ4n) is 2.83. The van der Waals surface area contributed by atoms with Gasteiger partial charge in [0.25, 0.3) is 5.91 Å². The third-order valence-electron chi connectivity index (χ3n) is 4.29. The summed E-state index contributed by atoms with van der Waals surface area (Å²) in [4.78, 5) is 27.5. The summed E-state index contributed by atoms with van der Waals surface area (Å²) in [5.74, 6) is 2.10. The van der Waals surface area contributed by atoms with Crippen LogP contribution < -0.4 is 15.5 Å². The Bertz CT molecular complexity index is 1170. The number of fused-ring (bicyclic) bond motifs is 1. The monoisotopic (exact) mass is 404 g/mol. The SMILES string of the molecule is Cc1nc(Nc2ccc(NC(=O)c3ccc4ncsc4c3)cc2)cc(N(C)C)n1. The molecule has 4 rings (SSSR count). The molecule has 4 aromatic rings. The van der Waals surface area contributed by atoms with Gasteiger partial charge in [-0.05, 0) is 49.4 Å². The number of thiazole rings is 1. The Morgan fingerprint density at radius 1 is 1.00 bits per heavy atom. The van der Waals surface area contributed by atoms with Crippen LogP contribution in [0.2, 0.25) is 0 Å². The maximum absolute atomic E-state index is 12.5. The molecule has 8 heteroatoms. The highest BCUT2D eigenvalue weighted by Gasteiger charge is 2.09. The normalized spacial score (nSPS) is 10.7. The topological polar surface area (TPSA) is 83.0 Å². The van der Waals surface area contributed by atoms with Gasteiger partial charge in [-0.2, -0.15) is 0 Å². The van der Waals surface area contributed by atoms with Gasteiger partial charge in [-0.1, -0.05) is 0 Å². The highest BCUT2D eigenvalue weighted by Crippen LogP contribution is 2.22. The Morgan fingerprint density at radius 3 is 2.52 bits per heavy atom. The molecule has 1 amide bonds. The van der Waals surface area contributed by atoms with Gasteiger partial charge in [0.05, 0.1) is 15.7 Å². The van der Waals surface area contributed by atoms with Gasteiger partial charge in [0.2, 0.25) is 0 Å². The number of carbonyl (C=O) groups excluding carboxylic acids is 1. The molecule has 146 valence electrons. The molecule has 0 aliphatic rings. The Balaban J connectivity index is 1.45. The van der Waals surface area contributed by atoms with Gasteiger partial charge < -0.3 is 15.5 Å². The van der Waals surface area contributed by atoms with Crippen LogP contribution in [0.4, 0.5) is 23.0 Å². The van der Waals surface area contributed by atoms with Crippen LogP contribution in [-0.4, -0.2) is 35.0 Å². The van der Waals surface area contributed by atoms with Gasteiger partial charge in [-0.25, -0.2) is 15.0 Å². The van der Waals surface area contributed by atoms with E-state index >= 15 is 0 Å². The molecule has 0 unspecified atom stereocenters. The standard InChI is InChI=1S/C21H20N6OS/c1-13-23-19(11-20(24-13)27(2)3)25-15-5-7-16(8-6-15)26-21(28)14-4-9-17-18(10-14)29-12-22-17/h4-12H,1-3H3,(H,26,28)(H,23,24,25). The number of nitrogens with one attached hydrogen (secondary N) is 2. The van der Waals surface area contributed by atoms with Gasteiger partial charge in [0.1, 0.15) is 17.5 Å². The van der Waals surface area contributed by atoms with Crippen molar-refractivity contribution in [2.45, 2.75) is 6.92 Å². The number of amides is 1. The average Bonchev–Trinajstić information content (AvgIpc) is 3.17. The van der Waals surface area contributed by atoms with E-state index in [-0.39, 0.29) is 5.91 Å². The number of anilines is 4. The number of nitrogens with zero attached hydrogens (tertiary/aromatic N) is 4. The molecule has 2 aromatic carbocycles. The molecular formula is C21H20N6OS. The second-order valence-electron chi connectivity index (χ2n) is 6.74. The van der Waals surface area contributed by atoms with Crippen molar-refractivity contribution in [3.8, 4) is 0 Å². The first kappa shape index (κ1) is 18.8. The van der Waals surface area contributed by atoms with Crippen LogP contribution in [0.3, 0.4) is 0 Å². The van der Waals surface area contributed by atoms with Crippen LogP contribution in [0.1, 0.15) is 16.2 Å². The lowest BCUT2D eigenvalue weighted by molar-refractivity contribution is 0.102. The Hall–Kier alpha value is -3.52. The highest BCUT2D eigenvalue weighted by atomic mass is 32.1. The predicted molar refractivity (Wildman–Crippen MR) is 118 cm³/mol. The largest absolute Gasteiger partial charge is 0.363 e. The highest BCUT2D eigenvalue weighted by molar-refractivity contribution is 7.16. The molecule has 2 N–H and O–H groups in total. The third kappa shape index (κ3) is 4.33. The number of aryl methyl sites for hydroxylation is 1. The van der Waals surface area contributed by atoms with E-state index < -0.39 is 0 Å². The Labute approximate surface area is 172 Å². The van der Waals surface area contributed by atoms with Gasteiger partial charge in [0.15, 0.2) is 0 Å². The minimum Gasteiger partial charge on any atom is -0.363 e. The molecule has 0 radical (unpaired) electrons. The molecule has 7 nitrogen and oxygen atoms in total. The molecule has 0 fully saturated rings. The van der Waals surface area contributed by atoms with E-state index in [4.69, 9.17) is 0 Å². The van der Waals surface area contributed by atoms with Crippen molar-refractivity contribution < 1.29 is 4.79 Å². The quantitative estimate of drug-likeness (QED) is 0.511. The zero-order valence-corrected chi connectivity index (χ0v) is 17.1. The van der Waals surface area contributed by atoms with Crippen molar-refractivity contribution in [3.05, 3.63) is 65.4 Å². The number of hydrogen-bond donors (Lipinski definition) is 2. The molecule has 0 aliphatic carbocycles. The van der Waals surface area contributed by atoms with Crippen LogP contribution in [0, 0.1) is 6.92 Å². The second kappa shape index (κ2) is 7.84. The first-order valence-corrected chi connectivity index (χ1v) is 9.90. The van der Waals surface area contributed by atoms with Crippen LogP contribution in [0.15, 0.2) is 54.0 Å². The molecule has 29 heavy (non-hydrogen) atoms. The van der Waals surface area contributed by atoms with Crippen LogP contribution in [0.5, 0.6) is 0 Å². The molecule has 0 saturated heterocycles. The van der Waals surface area contributed by atoms with E-state index in [0.717, 1.165) is 33.2 Å². The Morgan fingerprint density at radius 2 is 1.76 bits per heavy atom. The van der Waals surface area contributed by atoms with Gasteiger partial charge in [0, 0.05) is 37.1 Å². The van der Waals surface area contributed by atoms with Gasteiger partial charge in [-0.15, -0.1) is 11.3 Å². The summed E-state index contributed by atoms with van der Waals surface area (Å²) < 4.78 is 0.995. The third-order valence-corrected chi connectivity index (χ3v) is 5.08. The van der Waals surface area contributed by atoms with Crippen molar-refractivity contribution in [1.29, 1.82) is 0 Å². The summed E-state index contributed by atoms with van der Waals surface area (Å²) in [6.07, 6.45) is 0. The minimum atomic E-state index is -0.150. The van der Waals surface area contributed by atoms with Gasteiger partial charge in [-0.3, -0.25) is 4.79 Å². The molecule has 0 spiro atoms. The first-order chi connectivity index (χ1) is 14.0. The minimum absolute atomic E-state index is 0.150. The number of aromatic nitrogens is 3. The maximum Gasteiger partial charge on any atom is 0.255 e. The molecule has 0 saturated carbocycles. The second-order valence-corrected chi connectivity index (χ2v) is 7.63. The van der Waals surface area contributed by atoms with Crippen molar-refractivity contribution in [1.82, 2.24) is 15.0 Å². The van der Waals surface area contributed by atoms with Crippen LogP contribution >= 0.6 is 11.3 Å². The Kier molecular flexibility index (Phi) is 5.09. The maximum atomic E-state index is 12.5. The van der Waals surface area contributed by atoms with Gasteiger partial charge >= 0.3 is 0 Å². The molecule has 0 atom stereocenters. The molecule has 2 aromatic heterocycles. The van der Waals surface area contributed by atoms with Crippen LogP contribution in [-0.2, 0) is 0 Å². The molecular weight excluding hydrogens is 384 g/mol. The summed E-state index contributed by atoms with van der Waals surface area (Å²) in [5.41, 5.74) is 4.88. The van der Waals surface area contributed by atoms with E-state index in [9.17, 15) is 4.79 Å². The van der Waals surface area contributed by atoms with Crippen LogP contribution in [0.25, 0.3) is 10.2 Å². The van der Waals surface area contributed by atoms with E-state index in [1.165, 1.54) is 11.3 Å². The summed E-state index contributed by atoms with van der Waals surface area (Å²) in [6.45, 7) is 1.86. The summed E-state index contributed by atoms with van der Waals surface area (Å²) in [7, 11) is 3.88. The predicted octanol–water partition coefficient (Wildman–Crippen LogP) is 4.46. The average molecular weight is 404 g/mol. The van der Waals surface area contributed by atoms with Crippen molar-refractivity contribution in [3.63, 3.8) is 0 Å². The smallest absolute Gasteiger partial charge is 0.255 e. The van der Waals surface area contributed by atoms with E-state index in [2.05, 4.69) is 25.6 Å². The summed E-state index contributed by atoms with van der Waals surface area (Å²) >= 11 is 1.52. The molecule has 2 heterocycles. The first-order valence-electron chi connectivity index (χ1n) is 9.02. The number of benzene rings is 2. The zero-order chi connectivity index (χ0) is 20.4. The fraction of sp³-hybridized carbons (Fsp3) is 0.143. The molecule has 0 aliphatic heterocycles.